The first kappa shape index (κ1) is 21.6. The molecule has 3 N–H and O–H groups in total. The number of nitrogens with one attached hydrogen (secondary N) is 1. The molecule has 3 aromatic rings. The zero-order valence-corrected chi connectivity index (χ0v) is 18.2. The molecule has 0 aliphatic rings. The monoisotopic (exact) mass is 423 g/mol. The van der Waals surface area contributed by atoms with Gasteiger partial charge in [-0.15, -0.1) is 10.2 Å². The van der Waals surface area contributed by atoms with Gasteiger partial charge in [0.15, 0.2) is 11.0 Å². The Bertz CT molecular complexity index is 1040. The maximum Gasteiger partial charge on any atom is 0.318 e. The molecule has 8 heteroatoms. The van der Waals surface area contributed by atoms with E-state index in [9.17, 15) is 9.59 Å². The minimum atomic E-state index is -0.869. The molecule has 0 aliphatic carbocycles. The van der Waals surface area contributed by atoms with Crippen molar-refractivity contribution < 1.29 is 9.59 Å². The van der Waals surface area contributed by atoms with Crippen LogP contribution in [0.3, 0.4) is 0 Å². The first-order valence-corrected chi connectivity index (χ1v) is 10.5. The third kappa shape index (κ3) is 4.88. The molecule has 30 heavy (non-hydrogen) atoms. The highest BCUT2D eigenvalue weighted by Crippen LogP contribution is 2.33. The number of hydrogen-bond donors (Lipinski definition) is 2. The Kier molecular flexibility index (Phi) is 6.56. The average molecular weight is 424 g/mol. The van der Waals surface area contributed by atoms with Gasteiger partial charge in [-0.25, -0.2) is 4.79 Å². The molecule has 1 aromatic heterocycles. The molecule has 3 rings (SSSR count). The average Bonchev–Trinajstić information content (AvgIpc) is 3.10. The third-order valence-corrected chi connectivity index (χ3v) is 6.07. The molecule has 1 atom stereocenters. The topological polar surface area (TPSA) is 103 Å². The maximum absolute atomic E-state index is 12.5. The Morgan fingerprint density at radius 1 is 0.967 bits per heavy atom. The summed E-state index contributed by atoms with van der Waals surface area (Å²) in [6, 6.07) is 15.2. The van der Waals surface area contributed by atoms with E-state index in [0.717, 1.165) is 22.4 Å². The van der Waals surface area contributed by atoms with Crippen molar-refractivity contribution in [3.05, 3.63) is 59.7 Å². The van der Waals surface area contributed by atoms with Gasteiger partial charge >= 0.3 is 6.03 Å². The minimum absolute atomic E-state index is 0.0552. The summed E-state index contributed by atoms with van der Waals surface area (Å²) in [7, 11) is 0. The number of primary amides is 1. The number of rotatable bonds is 6. The van der Waals surface area contributed by atoms with Gasteiger partial charge in [0.2, 0.25) is 5.91 Å². The number of nitrogens with zero attached hydrogens (tertiary/aromatic N) is 3. The molecule has 1 heterocycles. The smallest absolute Gasteiger partial charge is 0.318 e. The van der Waals surface area contributed by atoms with E-state index < -0.39 is 17.2 Å². The van der Waals surface area contributed by atoms with Crippen molar-refractivity contribution in [2.75, 3.05) is 0 Å². The second-order valence-electron chi connectivity index (χ2n) is 7.48. The molecule has 0 fully saturated rings. The lowest BCUT2D eigenvalue weighted by atomic mass is 10.1. The van der Waals surface area contributed by atoms with Crippen LogP contribution in [0.1, 0.15) is 25.0 Å². The molecule has 0 bridgehead atoms. The van der Waals surface area contributed by atoms with E-state index in [4.69, 9.17) is 5.73 Å². The van der Waals surface area contributed by atoms with Gasteiger partial charge in [-0.3, -0.25) is 14.7 Å². The number of aryl methyl sites for hydroxylation is 2. The summed E-state index contributed by atoms with van der Waals surface area (Å²) in [5.74, 6) is 0.178. The summed E-state index contributed by atoms with van der Waals surface area (Å²) >= 11 is 1.26. The molecule has 0 saturated carbocycles. The number of aromatic nitrogens is 3. The summed E-state index contributed by atoms with van der Waals surface area (Å²) in [6.45, 7) is 7.87. The van der Waals surface area contributed by atoms with Gasteiger partial charge in [-0.05, 0) is 31.9 Å². The van der Waals surface area contributed by atoms with Crippen LogP contribution in [-0.4, -0.2) is 32.0 Å². The lowest BCUT2D eigenvalue weighted by Crippen LogP contribution is -2.42. The van der Waals surface area contributed by atoms with Gasteiger partial charge < -0.3 is 5.73 Å². The van der Waals surface area contributed by atoms with E-state index >= 15 is 0 Å². The summed E-state index contributed by atoms with van der Waals surface area (Å²) in [5, 5.41) is 11.0. The molecule has 156 valence electrons. The van der Waals surface area contributed by atoms with Gasteiger partial charge in [-0.1, -0.05) is 73.1 Å². The van der Waals surface area contributed by atoms with Gasteiger partial charge in [0.25, 0.3) is 0 Å². The summed E-state index contributed by atoms with van der Waals surface area (Å²) < 4.78 is 1.93. The fourth-order valence-electron chi connectivity index (χ4n) is 2.96. The standard InChI is InChI=1S/C22H25N5O2S/c1-13(2)18(20(28)24-21(23)29)30-22-26-25-19(16-9-5-14(3)6-10-16)27(22)17-11-7-15(4)8-12-17/h5-13,18H,1-4H3,(H3,23,24,28,29)/t18-/m0/s1. The molecule has 0 saturated heterocycles. The van der Waals surface area contributed by atoms with Crippen LogP contribution < -0.4 is 11.1 Å². The first-order valence-electron chi connectivity index (χ1n) is 9.62. The van der Waals surface area contributed by atoms with Crippen LogP contribution in [0, 0.1) is 19.8 Å². The molecule has 0 unspecified atom stereocenters. The van der Waals surface area contributed by atoms with Crippen molar-refractivity contribution in [1.29, 1.82) is 0 Å². The normalized spacial score (nSPS) is 12.0. The third-order valence-electron chi connectivity index (χ3n) is 4.58. The summed E-state index contributed by atoms with van der Waals surface area (Å²) in [4.78, 5) is 23.7. The lowest BCUT2D eigenvalue weighted by molar-refractivity contribution is -0.120. The van der Waals surface area contributed by atoms with E-state index in [1.165, 1.54) is 11.8 Å². The van der Waals surface area contributed by atoms with Crippen LogP contribution in [0.5, 0.6) is 0 Å². The Morgan fingerprint density at radius 2 is 1.53 bits per heavy atom. The van der Waals surface area contributed by atoms with Crippen molar-refractivity contribution in [2.45, 2.75) is 38.1 Å². The highest BCUT2D eigenvalue weighted by atomic mass is 32.2. The minimum Gasteiger partial charge on any atom is -0.351 e. The molecule has 0 radical (unpaired) electrons. The van der Waals surface area contributed by atoms with Crippen molar-refractivity contribution in [3.63, 3.8) is 0 Å². The number of thioether (sulfide) groups is 1. The van der Waals surface area contributed by atoms with Gasteiger partial charge in [0.1, 0.15) is 0 Å². The zero-order chi connectivity index (χ0) is 21.8. The Morgan fingerprint density at radius 3 is 2.07 bits per heavy atom. The van der Waals surface area contributed by atoms with Crippen LogP contribution >= 0.6 is 11.8 Å². The fourth-order valence-corrected chi connectivity index (χ4v) is 4.01. The van der Waals surface area contributed by atoms with Crippen molar-refractivity contribution in [1.82, 2.24) is 20.1 Å². The highest BCUT2D eigenvalue weighted by molar-refractivity contribution is 8.00. The summed E-state index contributed by atoms with van der Waals surface area (Å²) in [5.41, 5.74) is 9.24. The molecule has 0 aliphatic heterocycles. The number of imide groups is 1. The molecule has 7 nitrogen and oxygen atoms in total. The number of carbonyl (C=O) groups is 2. The molecule has 0 spiro atoms. The number of amides is 3. The van der Waals surface area contributed by atoms with Crippen molar-refractivity contribution in [3.8, 4) is 17.1 Å². The largest absolute Gasteiger partial charge is 0.351 e. The van der Waals surface area contributed by atoms with E-state index in [0.29, 0.717) is 11.0 Å². The Balaban J connectivity index is 2.07. The van der Waals surface area contributed by atoms with E-state index in [2.05, 4.69) is 15.5 Å². The van der Waals surface area contributed by atoms with Gasteiger partial charge in [-0.2, -0.15) is 0 Å². The Labute approximate surface area is 180 Å². The first-order chi connectivity index (χ1) is 14.3. The Hall–Kier alpha value is -3.13. The predicted octanol–water partition coefficient (Wildman–Crippen LogP) is 3.86. The fraction of sp³-hybridized carbons (Fsp3) is 0.273. The zero-order valence-electron chi connectivity index (χ0n) is 17.4. The summed E-state index contributed by atoms with van der Waals surface area (Å²) in [6.07, 6.45) is 0. The van der Waals surface area contributed by atoms with Crippen LogP contribution in [0.15, 0.2) is 53.7 Å². The predicted molar refractivity (Wildman–Crippen MR) is 118 cm³/mol. The number of urea groups is 1. The number of hydrogen-bond acceptors (Lipinski definition) is 5. The van der Waals surface area contributed by atoms with Crippen LogP contribution in [0.25, 0.3) is 17.1 Å². The van der Waals surface area contributed by atoms with Crippen LogP contribution in [0.2, 0.25) is 0 Å². The van der Waals surface area contributed by atoms with Crippen molar-refractivity contribution in [2.24, 2.45) is 11.7 Å². The lowest BCUT2D eigenvalue weighted by Gasteiger charge is -2.19. The van der Waals surface area contributed by atoms with E-state index in [-0.39, 0.29) is 5.92 Å². The van der Waals surface area contributed by atoms with Crippen molar-refractivity contribution >= 4 is 23.7 Å². The highest BCUT2D eigenvalue weighted by Gasteiger charge is 2.28. The second-order valence-corrected chi connectivity index (χ2v) is 8.59. The van der Waals surface area contributed by atoms with E-state index in [1.54, 1.807) is 0 Å². The van der Waals surface area contributed by atoms with Gasteiger partial charge in [0, 0.05) is 11.3 Å². The SMILES string of the molecule is Cc1ccc(-c2nnc(S[C@H](C(=O)NC(N)=O)C(C)C)n2-c2ccc(C)cc2)cc1. The second kappa shape index (κ2) is 9.13. The number of carbonyl (C=O) groups excluding carboxylic acids is 2. The maximum atomic E-state index is 12.5. The molecule has 2 aromatic carbocycles. The number of benzene rings is 2. The van der Waals surface area contributed by atoms with E-state index in [1.807, 2.05) is 80.8 Å². The number of nitrogens with two attached hydrogens (primary N) is 1. The quantitative estimate of drug-likeness (QED) is 0.586. The van der Waals surface area contributed by atoms with Crippen LogP contribution in [0.4, 0.5) is 4.79 Å². The molecule has 3 amide bonds. The van der Waals surface area contributed by atoms with Crippen LogP contribution in [-0.2, 0) is 4.79 Å². The molecular weight excluding hydrogens is 398 g/mol. The molecular formula is C22H25N5O2S. The van der Waals surface area contributed by atoms with Gasteiger partial charge in [0.05, 0.1) is 5.25 Å².